The Bertz CT molecular complexity index is 491. The number of nitrogens with zero attached hydrogens (tertiary/aromatic N) is 3. The second-order valence-corrected chi connectivity index (χ2v) is 6.94. The Hall–Kier alpha value is -1.26. The summed E-state index contributed by atoms with van der Waals surface area (Å²) >= 11 is 0. The molecule has 3 rings (SSSR count). The number of hydrogen-bond donors (Lipinski definition) is 0. The van der Waals surface area contributed by atoms with E-state index in [2.05, 4.69) is 39.9 Å². The molecule has 0 radical (unpaired) electrons. The van der Waals surface area contributed by atoms with Crippen LogP contribution in [0.1, 0.15) is 24.8 Å². The summed E-state index contributed by atoms with van der Waals surface area (Å²) in [6, 6.07) is 6.78. The molecule has 0 unspecified atom stereocenters. The zero-order chi connectivity index (χ0) is 16.1. The van der Waals surface area contributed by atoms with E-state index in [9.17, 15) is 0 Å². The van der Waals surface area contributed by atoms with E-state index in [0.29, 0.717) is 0 Å². The topological polar surface area (TPSA) is 19.0 Å². The summed E-state index contributed by atoms with van der Waals surface area (Å²) in [6.07, 6.45) is 4.95. The van der Waals surface area contributed by atoms with E-state index in [0.717, 1.165) is 12.2 Å². The van der Waals surface area contributed by atoms with Crippen LogP contribution < -0.4 is 9.64 Å². The zero-order valence-electron chi connectivity index (χ0n) is 14.8. The van der Waals surface area contributed by atoms with E-state index >= 15 is 0 Å². The number of aryl methyl sites for hydroxylation is 1. The Balaban J connectivity index is 1.52. The Kier molecular flexibility index (Phi) is 5.79. The van der Waals surface area contributed by atoms with Crippen LogP contribution in [0.15, 0.2) is 18.2 Å². The average molecular weight is 317 g/mol. The van der Waals surface area contributed by atoms with Crippen molar-refractivity contribution in [2.24, 2.45) is 0 Å². The first-order valence-electron chi connectivity index (χ1n) is 9.09. The molecule has 23 heavy (non-hydrogen) atoms. The molecule has 1 aromatic rings. The molecule has 2 aliphatic rings. The van der Waals surface area contributed by atoms with Gasteiger partial charge < -0.3 is 19.4 Å². The minimum Gasteiger partial charge on any atom is -0.496 e. The number of likely N-dealkylation sites (N-methyl/N-ethyl adjacent to an activating group) is 1. The Morgan fingerprint density at radius 3 is 2.43 bits per heavy atom. The normalized spacial score (nSPS) is 20.2. The van der Waals surface area contributed by atoms with Crippen molar-refractivity contribution in [3.05, 3.63) is 23.8 Å². The molecular formula is C19H31N3O. The van der Waals surface area contributed by atoms with E-state index in [4.69, 9.17) is 4.74 Å². The molecule has 0 atom stereocenters. The highest BCUT2D eigenvalue weighted by Gasteiger charge is 2.15. The highest BCUT2D eigenvalue weighted by Crippen LogP contribution is 2.28. The summed E-state index contributed by atoms with van der Waals surface area (Å²) in [4.78, 5) is 7.47. The Morgan fingerprint density at radius 1 is 1.00 bits per heavy atom. The van der Waals surface area contributed by atoms with E-state index in [1.54, 1.807) is 7.11 Å². The second-order valence-electron chi connectivity index (χ2n) is 6.94. The molecule has 0 aliphatic carbocycles. The van der Waals surface area contributed by atoms with Gasteiger partial charge in [0.05, 0.1) is 7.11 Å². The van der Waals surface area contributed by atoms with E-state index < -0.39 is 0 Å². The van der Waals surface area contributed by atoms with Gasteiger partial charge in [-0.05, 0) is 50.9 Å². The van der Waals surface area contributed by atoms with Crippen molar-refractivity contribution >= 4 is 5.69 Å². The largest absolute Gasteiger partial charge is 0.496 e. The smallest absolute Gasteiger partial charge is 0.124 e. The third kappa shape index (κ3) is 4.39. The first kappa shape index (κ1) is 16.6. The molecule has 0 saturated carbocycles. The van der Waals surface area contributed by atoms with Crippen molar-refractivity contribution in [1.82, 2.24) is 9.80 Å². The fourth-order valence-electron chi connectivity index (χ4n) is 3.68. The van der Waals surface area contributed by atoms with Gasteiger partial charge in [-0.25, -0.2) is 0 Å². The van der Waals surface area contributed by atoms with Crippen LogP contribution in [0.5, 0.6) is 5.75 Å². The van der Waals surface area contributed by atoms with Gasteiger partial charge in [0.2, 0.25) is 0 Å². The second kappa shape index (κ2) is 8.02. The number of hydrogen-bond acceptors (Lipinski definition) is 4. The average Bonchev–Trinajstić information content (AvgIpc) is 3.11. The summed E-state index contributed by atoms with van der Waals surface area (Å²) < 4.78 is 5.66. The lowest BCUT2D eigenvalue weighted by molar-refractivity contribution is 0.153. The van der Waals surface area contributed by atoms with Crippen LogP contribution >= 0.6 is 0 Å². The minimum atomic E-state index is 1.06. The number of anilines is 1. The SMILES string of the molecule is COc1cc(N2CCCC2)ccc1CCCN1CCN(C)CC1. The predicted molar refractivity (Wildman–Crippen MR) is 96.7 cm³/mol. The van der Waals surface area contributed by atoms with Gasteiger partial charge in [-0.2, -0.15) is 0 Å². The summed E-state index contributed by atoms with van der Waals surface area (Å²) in [6.45, 7) is 8.40. The minimum absolute atomic E-state index is 1.06. The van der Waals surface area contributed by atoms with Crippen LogP contribution in [0.3, 0.4) is 0 Å². The van der Waals surface area contributed by atoms with Gasteiger partial charge in [0.1, 0.15) is 5.75 Å². The van der Waals surface area contributed by atoms with E-state index in [1.807, 2.05) is 0 Å². The number of benzene rings is 1. The number of rotatable bonds is 6. The van der Waals surface area contributed by atoms with Gasteiger partial charge in [-0.15, -0.1) is 0 Å². The molecule has 0 spiro atoms. The van der Waals surface area contributed by atoms with Crippen LogP contribution in [-0.4, -0.2) is 69.8 Å². The van der Waals surface area contributed by atoms with Gasteiger partial charge in [0.15, 0.2) is 0 Å². The standard InChI is InChI=1S/C19H31N3O/c1-20-12-14-21(15-13-20)9-5-6-17-7-8-18(16-19(17)23-2)22-10-3-4-11-22/h7-8,16H,3-6,9-15H2,1-2H3. The lowest BCUT2D eigenvalue weighted by atomic mass is 10.1. The van der Waals surface area contributed by atoms with E-state index in [1.165, 1.54) is 76.3 Å². The first-order valence-corrected chi connectivity index (χ1v) is 9.09. The Morgan fingerprint density at radius 2 is 1.74 bits per heavy atom. The maximum absolute atomic E-state index is 5.66. The molecule has 128 valence electrons. The van der Waals surface area contributed by atoms with Crippen molar-refractivity contribution in [1.29, 1.82) is 0 Å². The molecule has 2 heterocycles. The molecule has 2 aliphatic heterocycles. The monoisotopic (exact) mass is 317 g/mol. The number of piperazine rings is 1. The van der Waals surface area contributed by atoms with Crippen LogP contribution in [0, 0.1) is 0 Å². The fraction of sp³-hybridized carbons (Fsp3) is 0.684. The third-order valence-electron chi connectivity index (χ3n) is 5.26. The molecule has 4 heteroatoms. The highest BCUT2D eigenvalue weighted by atomic mass is 16.5. The molecule has 2 fully saturated rings. The molecule has 0 N–H and O–H groups in total. The van der Waals surface area contributed by atoms with Gasteiger partial charge in [0, 0.05) is 51.0 Å². The van der Waals surface area contributed by atoms with E-state index in [-0.39, 0.29) is 0 Å². The van der Waals surface area contributed by atoms with Crippen LogP contribution in [-0.2, 0) is 6.42 Å². The molecule has 0 amide bonds. The van der Waals surface area contributed by atoms with Crippen molar-refractivity contribution < 1.29 is 4.74 Å². The van der Waals surface area contributed by atoms with Gasteiger partial charge >= 0.3 is 0 Å². The quantitative estimate of drug-likeness (QED) is 0.802. The number of methoxy groups -OCH3 is 1. The van der Waals surface area contributed by atoms with Gasteiger partial charge in [0.25, 0.3) is 0 Å². The lowest BCUT2D eigenvalue weighted by Gasteiger charge is -2.32. The van der Waals surface area contributed by atoms with Crippen molar-refractivity contribution in [2.75, 3.05) is 64.9 Å². The summed E-state index contributed by atoms with van der Waals surface area (Å²) in [5.41, 5.74) is 2.67. The lowest BCUT2D eigenvalue weighted by Crippen LogP contribution is -2.44. The maximum atomic E-state index is 5.66. The highest BCUT2D eigenvalue weighted by molar-refractivity contribution is 5.54. The maximum Gasteiger partial charge on any atom is 0.124 e. The predicted octanol–water partition coefficient (Wildman–Crippen LogP) is 2.48. The van der Waals surface area contributed by atoms with Crippen LogP contribution in [0.25, 0.3) is 0 Å². The van der Waals surface area contributed by atoms with Crippen molar-refractivity contribution in [2.45, 2.75) is 25.7 Å². The van der Waals surface area contributed by atoms with Crippen LogP contribution in [0.2, 0.25) is 0 Å². The van der Waals surface area contributed by atoms with Crippen LogP contribution in [0.4, 0.5) is 5.69 Å². The first-order chi connectivity index (χ1) is 11.3. The molecule has 4 nitrogen and oxygen atoms in total. The zero-order valence-corrected chi connectivity index (χ0v) is 14.8. The molecular weight excluding hydrogens is 286 g/mol. The fourth-order valence-corrected chi connectivity index (χ4v) is 3.68. The Labute approximate surface area is 141 Å². The van der Waals surface area contributed by atoms with Gasteiger partial charge in [-0.3, -0.25) is 0 Å². The third-order valence-corrected chi connectivity index (χ3v) is 5.26. The molecule has 2 saturated heterocycles. The summed E-state index contributed by atoms with van der Waals surface area (Å²) in [5.74, 6) is 1.06. The summed E-state index contributed by atoms with van der Waals surface area (Å²) in [5, 5.41) is 0. The van der Waals surface area contributed by atoms with Crippen molar-refractivity contribution in [3.8, 4) is 5.75 Å². The van der Waals surface area contributed by atoms with Gasteiger partial charge in [-0.1, -0.05) is 6.07 Å². The molecule has 0 bridgehead atoms. The van der Waals surface area contributed by atoms with Crippen molar-refractivity contribution in [3.63, 3.8) is 0 Å². The molecule has 0 aromatic heterocycles. The number of ether oxygens (including phenoxy) is 1. The summed E-state index contributed by atoms with van der Waals surface area (Å²) in [7, 11) is 4.01. The molecule has 1 aromatic carbocycles.